The zero-order chi connectivity index (χ0) is 46.6. The van der Waals surface area contributed by atoms with Crippen LogP contribution < -0.4 is 20.7 Å². The largest absolute Gasteiger partial charge is 0.463 e. The fourth-order valence-corrected chi connectivity index (χ4v) is 7.66. The van der Waals surface area contributed by atoms with Crippen molar-refractivity contribution in [3.63, 3.8) is 0 Å². The summed E-state index contributed by atoms with van der Waals surface area (Å²) in [6.07, 6.45) is 17.2. The molecule has 0 spiro atoms. The summed E-state index contributed by atoms with van der Waals surface area (Å²) in [4.78, 5) is 82.0. The molecule has 3 atom stereocenters. The minimum atomic E-state index is -1.53. The highest BCUT2D eigenvalue weighted by Crippen LogP contribution is 2.31. The minimum absolute atomic E-state index is 0.0200. The van der Waals surface area contributed by atoms with Crippen molar-refractivity contribution in [2.45, 2.75) is 148 Å². The Bertz CT molecular complexity index is 2320. The van der Waals surface area contributed by atoms with Crippen molar-refractivity contribution in [3.05, 3.63) is 121 Å². The van der Waals surface area contributed by atoms with E-state index < -0.39 is 59.3 Å². The molecule has 1 saturated heterocycles. The number of carbonyl (C=O) groups is 4. The molecule has 350 valence electrons. The lowest BCUT2D eigenvalue weighted by Crippen LogP contribution is -2.46. The Morgan fingerprint density at radius 3 is 2.09 bits per heavy atom. The Balaban J connectivity index is 1.14. The Labute approximate surface area is 383 Å². The van der Waals surface area contributed by atoms with Crippen molar-refractivity contribution in [2.75, 3.05) is 6.61 Å². The maximum atomic E-state index is 15.2. The van der Waals surface area contributed by atoms with Crippen LogP contribution in [0.15, 0.2) is 82.6 Å². The van der Waals surface area contributed by atoms with Crippen LogP contribution in [0.25, 0.3) is 0 Å². The van der Waals surface area contributed by atoms with Crippen molar-refractivity contribution in [2.24, 2.45) is 0 Å². The topological polar surface area (TPSA) is 171 Å². The molecule has 2 aromatic heterocycles. The maximum Gasteiger partial charge on any atom is 0.344 e. The number of hydrogen-bond donors (Lipinski definition) is 0. The minimum Gasteiger partial charge on any atom is -0.463 e. The van der Waals surface area contributed by atoms with Gasteiger partial charge >= 0.3 is 23.6 Å². The lowest BCUT2D eigenvalue weighted by Gasteiger charge is -2.18. The zero-order valence-electron chi connectivity index (χ0n) is 37.2. The van der Waals surface area contributed by atoms with Gasteiger partial charge in [0.1, 0.15) is 24.0 Å². The summed E-state index contributed by atoms with van der Waals surface area (Å²) in [5.41, 5.74) is -2.41. The van der Waals surface area contributed by atoms with Gasteiger partial charge in [0.05, 0.1) is 30.7 Å². The van der Waals surface area contributed by atoms with Gasteiger partial charge in [0.25, 0.3) is 11.5 Å². The van der Waals surface area contributed by atoms with Gasteiger partial charge in [-0.3, -0.25) is 23.7 Å². The number of unbranched alkanes of at least 4 members (excludes halogenated alkanes) is 14. The van der Waals surface area contributed by atoms with Gasteiger partial charge in [0.15, 0.2) is 5.75 Å². The van der Waals surface area contributed by atoms with E-state index >= 15 is 4.39 Å². The fourth-order valence-electron chi connectivity index (χ4n) is 7.51. The highest BCUT2D eigenvalue weighted by Gasteiger charge is 2.39. The highest BCUT2D eigenvalue weighted by atomic mass is 35.5. The third-order valence-corrected chi connectivity index (χ3v) is 11.4. The van der Waals surface area contributed by atoms with Crippen molar-refractivity contribution in [1.29, 1.82) is 0 Å². The molecule has 16 heteroatoms. The van der Waals surface area contributed by atoms with Crippen LogP contribution >= 0.6 is 11.6 Å². The molecule has 4 aromatic rings. The Hall–Kier alpha value is -5.51. The predicted molar refractivity (Wildman–Crippen MR) is 241 cm³/mol. The van der Waals surface area contributed by atoms with E-state index in [2.05, 4.69) is 11.9 Å². The smallest absolute Gasteiger partial charge is 0.344 e. The highest BCUT2D eigenvalue weighted by molar-refractivity contribution is 6.32. The number of hydrogen-bond acceptors (Lipinski definition) is 12. The van der Waals surface area contributed by atoms with Crippen LogP contribution in [0.4, 0.5) is 4.39 Å². The van der Waals surface area contributed by atoms with Crippen LogP contribution in [0.5, 0.6) is 11.6 Å². The standard InChI is InChI=1S/C49H59ClFN3O11/c1-3-4-5-6-7-8-9-10-11-12-13-14-15-16-20-26-45(56)64-40-28-43(52-30-38(40)50)65-48(59)37-25-21-24-36(27-37)46(57)54-47(58)39(51)31-53(49(54)60)44-29-41(42(63-44)33-61-34(2)55)62-32-35-22-18-17-19-23-35/h17-19,21-25,27-28,30-31,41-42,44H,3-16,20,26,29,32-33H2,1-2H3/t41-,42+,44+/m0/s1. The van der Waals surface area contributed by atoms with E-state index in [1.807, 2.05) is 30.3 Å². The molecule has 1 fully saturated rings. The number of aromatic nitrogens is 3. The maximum absolute atomic E-state index is 15.2. The zero-order valence-corrected chi connectivity index (χ0v) is 37.9. The molecule has 0 aliphatic carbocycles. The fraction of sp³-hybridized carbons (Fsp3) is 0.490. The van der Waals surface area contributed by atoms with E-state index in [-0.39, 0.29) is 58.4 Å². The van der Waals surface area contributed by atoms with Crippen LogP contribution in [0.1, 0.15) is 156 Å². The van der Waals surface area contributed by atoms with Gasteiger partial charge < -0.3 is 23.7 Å². The van der Waals surface area contributed by atoms with Crippen LogP contribution in [0.2, 0.25) is 5.02 Å². The van der Waals surface area contributed by atoms with E-state index in [0.717, 1.165) is 41.7 Å². The molecule has 0 amide bonds. The van der Waals surface area contributed by atoms with E-state index in [1.165, 1.54) is 102 Å². The number of benzene rings is 2. The van der Waals surface area contributed by atoms with Crippen LogP contribution in [-0.4, -0.2) is 56.7 Å². The molecule has 65 heavy (non-hydrogen) atoms. The molecule has 0 radical (unpaired) electrons. The van der Waals surface area contributed by atoms with Gasteiger partial charge in [-0.2, -0.15) is 8.96 Å². The number of pyridine rings is 1. The molecule has 14 nitrogen and oxygen atoms in total. The van der Waals surface area contributed by atoms with E-state index in [0.29, 0.717) is 12.6 Å². The number of nitrogens with zero attached hydrogens (tertiary/aromatic N) is 3. The summed E-state index contributed by atoms with van der Waals surface area (Å²) in [7, 11) is 0. The molecule has 2 aromatic carbocycles. The summed E-state index contributed by atoms with van der Waals surface area (Å²) in [5.74, 6) is -5.05. The lowest BCUT2D eigenvalue weighted by atomic mass is 10.0. The average molecular weight is 920 g/mol. The van der Waals surface area contributed by atoms with Crippen LogP contribution in [-0.2, 0) is 30.4 Å². The van der Waals surface area contributed by atoms with Crippen LogP contribution in [0, 0.1) is 5.82 Å². The van der Waals surface area contributed by atoms with Crippen molar-refractivity contribution in [3.8, 4) is 11.6 Å². The third-order valence-electron chi connectivity index (χ3n) is 11.1. The summed E-state index contributed by atoms with van der Waals surface area (Å²) in [5, 5.41) is 0.0200. The van der Waals surface area contributed by atoms with Gasteiger partial charge in [0, 0.05) is 31.4 Å². The van der Waals surface area contributed by atoms with E-state index in [1.54, 1.807) is 0 Å². The van der Waals surface area contributed by atoms with Gasteiger partial charge in [-0.1, -0.05) is 145 Å². The number of ether oxygens (including phenoxy) is 5. The Kier molecular flexibility index (Phi) is 20.5. The van der Waals surface area contributed by atoms with Crippen molar-refractivity contribution >= 4 is 35.4 Å². The SMILES string of the molecule is CCCCCCCCCCCCCCCCCC(=O)Oc1cc(OC(=O)c2cccc(C(=O)n3c(=O)c(F)cn([C@H]4C[C@H](OCc5ccccc5)[C@@H](COC(C)=O)O4)c3=O)c2)ncc1Cl. The summed E-state index contributed by atoms with van der Waals surface area (Å²) >= 11 is 6.24. The molecule has 5 rings (SSSR count). The number of carbonyl (C=O) groups excluding carboxylic acids is 4. The van der Waals surface area contributed by atoms with Gasteiger partial charge in [0.2, 0.25) is 11.7 Å². The normalized spacial score (nSPS) is 15.7. The quantitative estimate of drug-likeness (QED) is 0.0432. The Morgan fingerprint density at radius 2 is 1.45 bits per heavy atom. The second kappa shape index (κ2) is 26.5. The first-order valence-corrected chi connectivity index (χ1v) is 23.0. The van der Waals surface area contributed by atoms with E-state index in [9.17, 15) is 28.8 Å². The predicted octanol–water partition coefficient (Wildman–Crippen LogP) is 9.71. The van der Waals surface area contributed by atoms with Gasteiger partial charge in [-0.25, -0.2) is 14.6 Å². The molecule has 1 aliphatic rings. The molecule has 0 N–H and O–H groups in total. The van der Waals surface area contributed by atoms with Crippen molar-refractivity contribution < 1.29 is 47.3 Å². The number of rotatable bonds is 26. The first-order chi connectivity index (χ1) is 31.4. The first-order valence-electron chi connectivity index (χ1n) is 22.7. The Morgan fingerprint density at radius 1 is 0.815 bits per heavy atom. The number of halogens is 2. The molecule has 0 bridgehead atoms. The first kappa shape index (κ1) is 50.5. The van der Waals surface area contributed by atoms with E-state index in [4.69, 9.17) is 35.3 Å². The third kappa shape index (κ3) is 15.9. The monoisotopic (exact) mass is 919 g/mol. The average Bonchev–Trinajstić information content (AvgIpc) is 3.71. The lowest BCUT2D eigenvalue weighted by molar-refractivity contribution is -0.148. The van der Waals surface area contributed by atoms with Crippen molar-refractivity contribution in [1.82, 2.24) is 14.1 Å². The molecular formula is C49H59ClFN3O11. The molecule has 0 saturated carbocycles. The second-order valence-corrected chi connectivity index (χ2v) is 16.6. The molecule has 0 unspecified atom stereocenters. The number of esters is 3. The van der Waals surface area contributed by atoms with Gasteiger partial charge in [-0.05, 0) is 30.2 Å². The summed E-state index contributed by atoms with van der Waals surface area (Å²) in [6, 6.07) is 15.3. The summed E-state index contributed by atoms with van der Waals surface area (Å²) in [6.45, 7) is 3.37. The van der Waals surface area contributed by atoms with Gasteiger partial charge in [-0.15, -0.1) is 0 Å². The van der Waals surface area contributed by atoms with Crippen LogP contribution in [0.3, 0.4) is 0 Å². The molecule has 3 heterocycles. The second-order valence-electron chi connectivity index (χ2n) is 16.2. The molecule has 1 aliphatic heterocycles. The summed E-state index contributed by atoms with van der Waals surface area (Å²) < 4.78 is 44.1. The molecular weight excluding hydrogens is 861 g/mol.